The lowest BCUT2D eigenvalue weighted by molar-refractivity contribution is -0.132. The normalized spacial score (nSPS) is 23.3. The predicted octanol–water partition coefficient (Wildman–Crippen LogP) is 1.58. The van der Waals surface area contributed by atoms with Crippen molar-refractivity contribution in [1.29, 1.82) is 0 Å². The molecule has 4 rings (SSSR count). The molecule has 3 heterocycles. The summed E-state index contributed by atoms with van der Waals surface area (Å²) in [7, 11) is 8.26. The van der Waals surface area contributed by atoms with Crippen LogP contribution in [0.5, 0.6) is 0 Å². The molecule has 7 nitrogen and oxygen atoms in total. The minimum atomic E-state index is -0.884. The summed E-state index contributed by atoms with van der Waals surface area (Å²) in [5, 5.41) is 17.1. The Bertz CT molecular complexity index is 975. The summed E-state index contributed by atoms with van der Waals surface area (Å²) in [5.41, 5.74) is 2.66. The molecule has 0 amide bonds. The Hall–Kier alpha value is -2.61. The van der Waals surface area contributed by atoms with E-state index in [1.807, 2.05) is 19.1 Å². The molecule has 1 aliphatic heterocycles. The van der Waals surface area contributed by atoms with Gasteiger partial charge in [0.1, 0.15) is 19.3 Å². The van der Waals surface area contributed by atoms with Gasteiger partial charge in [-0.05, 0) is 44.4 Å². The molecule has 2 aromatic heterocycles. The fraction of sp³-hybridized carbons (Fsp3) is 0.476. The van der Waals surface area contributed by atoms with Crippen molar-refractivity contribution >= 4 is 30.7 Å². The van der Waals surface area contributed by atoms with E-state index >= 15 is 0 Å². The molecule has 0 aromatic carbocycles. The number of nitrogens with one attached hydrogen (secondary N) is 1. The van der Waals surface area contributed by atoms with Crippen LogP contribution in [-0.4, -0.2) is 65.1 Å². The van der Waals surface area contributed by atoms with E-state index in [0.717, 1.165) is 37.4 Å². The lowest BCUT2D eigenvalue weighted by atomic mass is 9.87. The molecule has 0 bridgehead atoms. The maximum atomic E-state index is 11.2. The van der Waals surface area contributed by atoms with Gasteiger partial charge in [-0.2, -0.15) is 9.61 Å². The van der Waals surface area contributed by atoms with Gasteiger partial charge < -0.3 is 15.3 Å². The predicted molar refractivity (Wildman–Crippen MR) is 114 cm³/mol. The van der Waals surface area contributed by atoms with Crippen LogP contribution in [0, 0.1) is 11.8 Å². The van der Waals surface area contributed by atoms with Crippen molar-refractivity contribution in [2.45, 2.75) is 25.7 Å². The third-order valence-corrected chi connectivity index (χ3v) is 6.06. The first kappa shape index (κ1) is 19.7. The van der Waals surface area contributed by atoms with Crippen molar-refractivity contribution in [1.82, 2.24) is 19.5 Å². The van der Waals surface area contributed by atoms with Gasteiger partial charge in [0.25, 0.3) is 0 Å². The van der Waals surface area contributed by atoms with Crippen molar-refractivity contribution in [3.8, 4) is 0 Å². The number of aromatic nitrogens is 3. The topological polar surface area (TPSA) is 82.8 Å². The lowest BCUT2D eigenvalue weighted by Gasteiger charge is -2.29. The van der Waals surface area contributed by atoms with Crippen molar-refractivity contribution in [3.63, 3.8) is 0 Å². The molecule has 150 valence electrons. The molecular formula is C21H26BN5O2. The third-order valence-electron chi connectivity index (χ3n) is 6.06. The molecule has 0 saturated carbocycles. The van der Waals surface area contributed by atoms with Gasteiger partial charge in [-0.1, -0.05) is 25.2 Å². The highest BCUT2D eigenvalue weighted by Gasteiger charge is 2.23. The summed E-state index contributed by atoms with van der Waals surface area (Å²) in [6.45, 7) is 4.85. The number of carboxylic acids is 1. The van der Waals surface area contributed by atoms with Crippen LogP contribution in [0.1, 0.15) is 31.4 Å². The van der Waals surface area contributed by atoms with E-state index in [1.165, 1.54) is 0 Å². The fourth-order valence-corrected chi connectivity index (χ4v) is 4.12. The summed E-state index contributed by atoms with van der Waals surface area (Å²) >= 11 is 0. The Balaban J connectivity index is 1.55. The van der Waals surface area contributed by atoms with Crippen LogP contribution in [0.4, 0.5) is 5.82 Å². The number of allylic oxidation sites excluding steroid dienone is 1. The Kier molecular flexibility index (Phi) is 5.45. The van der Waals surface area contributed by atoms with Gasteiger partial charge in [-0.15, -0.1) is 0 Å². The number of anilines is 1. The van der Waals surface area contributed by atoms with Crippen LogP contribution in [0.3, 0.4) is 0 Å². The molecule has 2 aliphatic rings. The van der Waals surface area contributed by atoms with Crippen molar-refractivity contribution < 1.29 is 9.90 Å². The minimum Gasteiger partial charge on any atom is -0.478 e. The van der Waals surface area contributed by atoms with Crippen LogP contribution >= 0.6 is 0 Å². The van der Waals surface area contributed by atoms with Gasteiger partial charge in [0.05, 0.1) is 5.57 Å². The molecule has 2 N–H and O–H groups in total. The highest BCUT2D eigenvalue weighted by atomic mass is 16.4. The van der Waals surface area contributed by atoms with Gasteiger partial charge in [0.15, 0.2) is 0 Å². The van der Waals surface area contributed by atoms with E-state index in [1.54, 1.807) is 16.8 Å². The van der Waals surface area contributed by atoms with Crippen molar-refractivity contribution in [3.05, 3.63) is 41.8 Å². The van der Waals surface area contributed by atoms with Gasteiger partial charge in [-0.25, -0.2) is 9.78 Å². The number of hydrogen-bond acceptors (Lipinski definition) is 5. The summed E-state index contributed by atoms with van der Waals surface area (Å²) in [6.07, 6.45) is 9.27. The number of hydrogen-bond donors (Lipinski definition) is 2. The van der Waals surface area contributed by atoms with Gasteiger partial charge in [-0.3, -0.25) is 0 Å². The molecule has 1 saturated heterocycles. The molecular weight excluding hydrogens is 365 g/mol. The second-order valence-electron chi connectivity index (χ2n) is 8.17. The Morgan fingerprint density at radius 3 is 2.83 bits per heavy atom. The SMILES string of the molecule is [B]c1cnn2c(NCC3C=CC(C(=O)O)=CC3C)cc(C3CCN(C)CC3)nc12. The number of carboxylic acid groups (broad SMARTS) is 1. The van der Waals surface area contributed by atoms with E-state index in [0.29, 0.717) is 29.1 Å². The zero-order chi connectivity index (χ0) is 20.5. The van der Waals surface area contributed by atoms with E-state index in [4.69, 9.17) is 12.8 Å². The smallest absolute Gasteiger partial charge is 0.335 e. The first-order chi connectivity index (χ1) is 13.9. The molecule has 2 radical (unpaired) electrons. The van der Waals surface area contributed by atoms with E-state index in [-0.39, 0.29) is 11.8 Å². The van der Waals surface area contributed by atoms with Crippen LogP contribution in [-0.2, 0) is 4.79 Å². The highest BCUT2D eigenvalue weighted by molar-refractivity contribution is 6.36. The van der Waals surface area contributed by atoms with Crippen LogP contribution in [0.25, 0.3) is 5.65 Å². The summed E-state index contributed by atoms with van der Waals surface area (Å²) in [5.74, 6) is 0.730. The van der Waals surface area contributed by atoms with Crippen LogP contribution in [0.15, 0.2) is 36.1 Å². The number of carbonyl (C=O) groups is 1. The molecule has 1 aliphatic carbocycles. The zero-order valence-electron chi connectivity index (χ0n) is 16.9. The second kappa shape index (κ2) is 8.03. The van der Waals surface area contributed by atoms with Gasteiger partial charge >= 0.3 is 5.97 Å². The molecule has 0 spiro atoms. The quantitative estimate of drug-likeness (QED) is 0.754. The highest BCUT2D eigenvalue weighted by Crippen LogP contribution is 2.29. The summed E-state index contributed by atoms with van der Waals surface area (Å²) in [4.78, 5) is 18.3. The Labute approximate surface area is 171 Å². The van der Waals surface area contributed by atoms with Gasteiger partial charge in [0.2, 0.25) is 0 Å². The van der Waals surface area contributed by atoms with Crippen molar-refractivity contribution in [2.24, 2.45) is 11.8 Å². The Morgan fingerprint density at radius 2 is 2.14 bits per heavy atom. The molecule has 29 heavy (non-hydrogen) atoms. The first-order valence-corrected chi connectivity index (χ1v) is 10.1. The van der Waals surface area contributed by atoms with Crippen molar-refractivity contribution in [2.75, 3.05) is 32.0 Å². The van der Waals surface area contributed by atoms with Crippen LogP contribution in [0.2, 0.25) is 0 Å². The van der Waals surface area contributed by atoms with Crippen LogP contribution < -0.4 is 10.8 Å². The molecule has 2 atom stereocenters. The third kappa shape index (κ3) is 4.08. The summed E-state index contributed by atoms with van der Waals surface area (Å²) < 4.78 is 1.75. The standard InChI is InChI=1S/C21H26BN5O2/c1-13-9-15(21(28)29)3-4-16(13)11-23-19-10-18(14-5-7-26(2)8-6-14)25-20-17(22)12-24-27(19)20/h3-4,9-10,12-14,16,23H,5-8,11H2,1-2H3,(H,28,29). The monoisotopic (exact) mass is 391 g/mol. The Morgan fingerprint density at radius 1 is 1.38 bits per heavy atom. The molecule has 8 heteroatoms. The number of aliphatic carboxylic acids is 1. The number of rotatable bonds is 5. The molecule has 2 unspecified atom stereocenters. The van der Waals surface area contributed by atoms with E-state index in [9.17, 15) is 9.90 Å². The van der Waals surface area contributed by atoms with Gasteiger partial charge in [0, 0.05) is 36.3 Å². The number of likely N-dealkylation sites (tertiary alicyclic amines) is 1. The zero-order valence-corrected chi connectivity index (χ0v) is 16.9. The molecule has 2 aromatic rings. The minimum absolute atomic E-state index is 0.131. The van der Waals surface area contributed by atoms with E-state index in [2.05, 4.69) is 28.4 Å². The maximum absolute atomic E-state index is 11.2. The average Bonchev–Trinajstić information content (AvgIpc) is 3.08. The fourth-order valence-electron chi connectivity index (χ4n) is 4.12. The second-order valence-corrected chi connectivity index (χ2v) is 8.17. The molecule has 1 fully saturated rings. The number of fused-ring (bicyclic) bond motifs is 1. The number of nitrogens with zero attached hydrogens (tertiary/aromatic N) is 4. The summed E-state index contributed by atoms with van der Waals surface area (Å²) in [6, 6.07) is 2.09. The number of piperidine rings is 1. The first-order valence-electron chi connectivity index (χ1n) is 10.1. The lowest BCUT2D eigenvalue weighted by Crippen LogP contribution is -2.30. The van der Waals surface area contributed by atoms with E-state index < -0.39 is 5.97 Å². The largest absolute Gasteiger partial charge is 0.478 e. The average molecular weight is 391 g/mol. The maximum Gasteiger partial charge on any atom is 0.335 e.